The lowest BCUT2D eigenvalue weighted by atomic mass is 9.98. The van der Waals surface area contributed by atoms with E-state index in [-0.39, 0.29) is 12.4 Å². The minimum absolute atomic E-state index is 0.260. The lowest BCUT2D eigenvalue weighted by molar-refractivity contribution is -0.375. The van der Waals surface area contributed by atoms with E-state index in [0.717, 1.165) is 0 Å². The van der Waals surface area contributed by atoms with Crippen molar-refractivity contribution < 1.29 is 79.1 Å². The topological polar surface area (TPSA) is 247 Å². The first-order valence-corrected chi connectivity index (χ1v) is 12.6. The number of benzene rings is 1. The fourth-order valence-corrected chi connectivity index (χ4v) is 4.63. The third kappa shape index (κ3) is 6.50. The quantitative estimate of drug-likeness (QED) is 0.133. The monoisotopic (exact) mass is 580 g/mol. The standard InChI is InChI=1S/C24H36O16/c1-34-9-2-4-10(5-3-9)36-24-21(40-23-19(33)17(31)15(29)13(7-26)38-23)20(11(27)8-35-24)39-22-18(32)16(30)14(28)12(6-25)37-22/h2-5,11-33H,6-8H2,1H3/t11-,12+,13+,14-,15-,16-,17-,18+,19+,20-,21+,22-,23-,24-/m0/s1. The zero-order valence-electron chi connectivity index (χ0n) is 21.4. The van der Waals surface area contributed by atoms with E-state index in [0.29, 0.717) is 5.75 Å². The van der Waals surface area contributed by atoms with Crippen molar-refractivity contribution >= 4 is 0 Å². The molecule has 14 atom stereocenters. The van der Waals surface area contributed by atoms with E-state index >= 15 is 0 Å². The van der Waals surface area contributed by atoms with Crippen LogP contribution in [0.2, 0.25) is 0 Å². The Morgan fingerprint density at radius 3 is 1.60 bits per heavy atom. The van der Waals surface area contributed by atoms with Crippen molar-refractivity contribution in [3.63, 3.8) is 0 Å². The van der Waals surface area contributed by atoms with Crippen LogP contribution in [0.3, 0.4) is 0 Å². The SMILES string of the molecule is COc1ccc(O[C@@H]2OC[C@H](O)[C@H](O[C@@H]3O[C@H](CO)[C@H](O)[C@H](O)[C@H]3O)[C@H]2O[C@@H]2O[C@H](CO)[C@H](O)[C@H](O)[C@H]2O)cc1. The first-order chi connectivity index (χ1) is 19.1. The maximum Gasteiger partial charge on any atom is 0.229 e. The summed E-state index contributed by atoms with van der Waals surface area (Å²) in [7, 11) is 1.48. The van der Waals surface area contributed by atoms with Crippen LogP contribution in [0.15, 0.2) is 24.3 Å². The van der Waals surface area contributed by atoms with Crippen molar-refractivity contribution in [1.29, 1.82) is 0 Å². The third-order valence-electron chi connectivity index (χ3n) is 6.99. The van der Waals surface area contributed by atoms with Crippen LogP contribution < -0.4 is 9.47 Å². The Balaban J connectivity index is 1.61. The van der Waals surface area contributed by atoms with Crippen LogP contribution in [-0.2, 0) is 23.7 Å². The van der Waals surface area contributed by atoms with Crippen LogP contribution in [0.4, 0.5) is 0 Å². The molecule has 0 saturated carbocycles. The van der Waals surface area contributed by atoms with Gasteiger partial charge in [0.25, 0.3) is 0 Å². The summed E-state index contributed by atoms with van der Waals surface area (Å²) in [6, 6.07) is 6.29. The molecule has 3 aliphatic heterocycles. The van der Waals surface area contributed by atoms with Crippen LogP contribution in [0, 0.1) is 0 Å². The number of rotatable bonds is 9. The first-order valence-electron chi connectivity index (χ1n) is 12.6. The lowest BCUT2D eigenvalue weighted by Crippen LogP contribution is -2.65. The summed E-state index contributed by atoms with van der Waals surface area (Å²) in [5.41, 5.74) is 0. The molecule has 0 aromatic heterocycles. The fourth-order valence-electron chi connectivity index (χ4n) is 4.63. The molecule has 1 aromatic rings. The molecule has 16 nitrogen and oxygen atoms in total. The maximum absolute atomic E-state index is 10.8. The van der Waals surface area contributed by atoms with Crippen molar-refractivity contribution in [1.82, 2.24) is 0 Å². The highest BCUT2D eigenvalue weighted by Gasteiger charge is 2.52. The lowest BCUT2D eigenvalue weighted by Gasteiger charge is -2.47. The Hall–Kier alpha value is -1.74. The van der Waals surface area contributed by atoms with Gasteiger partial charge in [-0.15, -0.1) is 0 Å². The van der Waals surface area contributed by atoms with Gasteiger partial charge in [0.15, 0.2) is 18.7 Å². The van der Waals surface area contributed by atoms with Crippen molar-refractivity contribution in [3.8, 4) is 11.5 Å². The van der Waals surface area contributed by atoms with Crippen LogP contribution >= 0.6 is 0 Å². The molecule has 9 N–H and O–H groups in total. The van der Waals surface area contributed by atoms with E-state index in [1.165, 1.54) is 7.11 Å². The molecule has 0 aliphatic carbocycles. The highest BCUT2D eigenvalue weighted by atomic mass is 16.8. The van der Waals surface area contributed by atoms with E-state index in [9.17, 15) is 46.0 Å². The molecule has 3 saturated heterocycles. The first kappa shape index (κ1) is 31.2. The molecule has 228 valence electrons. The molecule has 3 aliphatic rings. The van der Waals surface area contributed by atoms with Gasteiger partial charge in [-0.2, -0.15) is 0 Å². The van der Waals surface area contributed by atoms with Crippen molar-refractivity contribution in [2.45, 2.75) is 86.0 Å². The van der Waals surface area contributed by atoms with Gasteiger partial charge >= 0.3 is 0 Å². The van der Waals surface area contributed by atoms with Crippen LogP contribution in [0.1, 0.15) is 0 Å². The number of methoxy groups -OCH3 is 1. The summed E-state index contributed by atoms with van der Waals surface area (Å²) in [4.78, 5) is 0. The van der Waals surface area contributed by atoms with Gasteiger partial charge in [0, 0.05) is 0 Å². The number of aliphatic hydroxyl groups is 9. The molecule has 0 bridgehead atoms. The van der Waals surface area contributed by atoms with Crippen LogP contribution in [-0.4, -0.2) is 159 Å². The highest BCUT2D eigenvalue weighted by molar-refractivity contribution is 5.31. The average Bonchev–Trinajstić information content (AvgIpc) is 2.96. The van der Waals surface area contributed by atoms with Crippen LogP contribution in [0.25, 0.3) is 0 Å². The predicted molar refractivity (Wildman–Crippen MR) is 127 cm³/mol. The number of ether oxygens (including phenoxy) is 7. The number of hydrogen-bond donors (Lipinski definition) is 9. The van der Waals surface area contributed by atoms with Crippen molar-refractivity contribution in [2.24, 2.45) is 0 Å². The molecule has 0 spiro atoms. The molecule has 0 unspecified atom stereocenters. The number of aliphatic hydroxyl groups excluding tert-OH is 9. The van der Waals surface area contributed by atoms with Crippen molar-refractivity contribution in [3.05, 3.63) is 24.3 Å². The summed E-state index contributed by atoms with van der Waals surface area (Å²) >= 11 is 0. The second kappa shape index (κ2) is 13.5. The maximum atomic E-state index is 10.8. The molecule has 40 heavy (non-hydrogen) atoms. The van der Waals surface area contributed by atoms with Gasteiger partial charge in [-0.05, 0) is 24.3 Å². The highest BCUT2D eigenvalue weighted by Crippen LogP contribution is 2.32. The fraction of sp³-hybridized carbons (Fsp3) is 0.750. The van der Waals surface area contributed by atoms with Gasteiger partial charge in [0.05, 0.1) is 26.9 Å². The van der Waals surface area contributed by atoms with Gasteiger partial charge in [-0.25, -0.2) is 0 Å². The number of hydrogen-bond acceptors (Lipinski definition) is 16. The Kier molecular flexibility index (Phi) is 10.5. The summed E-state index contributed by atoms with van der Waals surface area (Å²) in [5.74, 6) is 0.793. The second-order valence-corrected chi connectivity index (χ2v) is 9.66. The predicted octanol–water partition coefficient (Wildman–Crippen LogP) is -4.84. The van der Waals surface area contributed by atoms with Gasteiger partial charge in [-0.1, -0.05) is 0 Å². The summed E-state index contributed by atoms with van der Waals surface area (Å²) in [5, 5.41) is 91.5. The Labute approximate surface area is 228 Å². The zero-order chi connectivity index (χ0) is 29.1. The molecule has 16 heteroatoms. The molecule has 3 heterocycles. The van der Waals surface area contributed by atoms with Gasteiger partial charge < -0.3 is 79.1 Å². The molecule has 0 amide bonds. The smallest absolute Gasteiger partial charge is 0.229 e. The van der Waals surface area contributed by atoms with Gasteiger partial charge in [-0.3, -0.25) is 0 Å². The zero-order valence-corrected chi connectivity index (χ0v) is 21.4. The largest absolute Gasteiger partial charge is 0.497 e. The van der Waals surface area contributed by atoms with E-state index in [1.54, 1.807) is 24.3 Å². The molecule has 1 aromatic carbocycles. The summed E-state index contributed by atoms with van der Waals surface area (Å²) < 4.78 is 39.2. The van der Waals surface area contributed by atoms with Gasteiger partial charge in [0.2, 0.25) is 6.29 Å². The van der Waals surface area contributed by atoms with Crippen LogP contribution in [0.5, 0.6) is 11.5 Å². The minimum atomic E-state index is -1.83. The summed E-state index contributed by atoms with van der Waals surface area (Å²) in [6.45, 7) is -1.84. The third-order valence-corrected chi connectivity index (χ3v) is 6.99. The summed E-state index contributed by atoms with van der Waals surface area (Å²) in [6.07, 6.45) is -22.4. The second-order valence-electron chi connectivity index (χ2n) is 9.66. The molecular weight excluding hydrogens is 544 g/mol. The Morgan fingerprint density at radius 1 is 0.650 bits per heavy atom. The minimum Gasteiger partial charge on any atom is -0.497 e. The van der Waals surface area contributed by atoms with E-state index in [2.05, 4.69) is 0 Å². The molecule has 4 rings (SSSR count). The van der Waals surface area contributed by atoms with E-state index in [1.807, 2.05) is 0 Å². The molecule has 0 radical (unpaired) electrons. The van der Waals surface area contributed by atoms with Crippen molar-refractivity contribution in [2.75, 3.05) is 26.9 Å². The molecular formula is C24H36O16. The Morgan fingerprint density at radius 2 is 1.12 bits per heavy atom. The molecule has 3 fully saturated rings. The van der Waals surface area contributed by atoms with Gasteiger partial charge in [0.1, 0.15) is 72.5 Å². The average molecular weight is 581 g/mol. The Bertz CT molecular complexity index is 917. The van der Waals surface area contributed by atoms with E-state index in [4.69, 9.17) is 33.2 Å². The van der Waals surface area contributed by atoms with E-state index < -0.39 is 99.2 Å². The normalized spacial score (nSPS) is 44.2.